The van der Waals surface area contributed by atoms with Gasteiger partial charge >= 0.3 is 0 Å². The molecule has 3 rings (SSSR count). The Morgan fingerprint density at radius 2 is 1.95 bits per heavy atom. The first-order valence-corrected chi connectivity index (χ1v) is 8.30. The second-order valence-corrected chi connectivity index (χ2v) is 6.31. The van der Waals surface area contributed by atoms with Gasteiger partial charge in [0, 0.05) is 31.5 Å². The Balaban J connectivity index is 1.53. The third-order valence-electron chi connectivity index (χ3n) is 4.78. The molecule has 1 amide bonds. The highest BCUT2D eigenvalue weighted by atomic mass is 16.2. The summed E-state index contributed by atoms with van der Waals surface area (Å²) in [5.41, 5.74) is 0. The fraction of sp³-hybridized carbons (Fsp3) is 0.750. The highest BCUT2D eigenvalue weighted by molar-refractivity contribution is 5.78. The minimum atomic E-state index is 0.340. The number of aryl methyl sites for hydroxylation is 1. The molecule has 0 saturated carbocycles. The Bertz CT molecular complexity index is 439. The van der Waals surface area contributed by atoms with E-state index in [0.717, 1.165) is 45.4 Å². The third-order valence-corrected chi connectivity index (χ3v) is 4.78. The number of piperidine rings is 1. The molecule has 1 unspecified atom stereocenters. The third kappa shape index (κ3) is 3.84. The Morgan fingerprint density at radius 1 is 1.14 bits per heavy atom. The van der Waals surface area contributed by atoms with E-state index in [9.17, 15) is 4.79 Å². The van der Waals surface area contributed by atoms with Crippen LogP contribution in [0, 0.1) is 0 Å². The molecule has 1 atom stereocenters. The van der Waals surface area contributed by atoms with Crippen molar-refractivity contribution in [1.82, 2.24) is 19.4 Å². The van der Waals surface area contributed by atoms with Gasteiger partial charge in [-0.1, -0.05) is 0 Å². The first-order valence-electron chi connectivity index (χ1n) is 8.30. The minimum Gasteiger partial charge on any atom is -0.339 e. The molecule has 1 aromatic rings. The van der Waals surface area contributed by atoms with Gasteiger partial charge in [-0.3, -0.25) is 9.69 Å². The SMILES string of the molecule is O=C(CN1CCCC1)N1CCCCC1CCn1ccnc1. The maximum Gasteiger partial charge on any atom is 0.236 e. The van der Waals surface area contributed by atoms with Crippen LogP contribution in [0.3, 0.4) is 0 Å². The zero-order valence-electron chi connectivity index (χ0n) is 12.8. The van der Waals surface area contributed by atoms with Crippen molar-refractivity contribution in [2.75, 3.05) is 26.2 Å². The number of hydrogen-bond donors (Lipinski definition) is 0. The summed E-state index contributed by atoms with van der Waals surface area (Å²) < 4.78 is 2.11. The van der Waals surface area contributed by atoms with Crippen LogP contribution < -0.4 is 0 Å². The van der Waals surface area contributed by atoms with Gasteiger partial charge in [0.2, 0.25) is 5.91 Å². The first kappa shape index (κ1) is 14.6. The summed E-state index contributed by atoms with van der Waals surface area (Å²) in [6.45, 7) is 4.72. The number of aromatic nitrogens is 2. The minimum absolute atomic E-state index is 0.340. The lowest BCUT2D eigenvalue weighted by Gasteiger charge is -2.37. The van der Waals surface area contributed by atoms with Crippen LogP contribution in [0.5, 0.6) is 0 Å². The Morgan fingerprint density at radius 3 is 2.71 bits per heavy atom. The number of carbonyl (C=O) groups is 1. The lowest BCUT2D eigenvalue weighted by molar-refractivity contribution is -0.136. The summed E-state index contributed by atoms with van der Waals surface area (Å²) in [5, 5.41) is 0. The van der Waals surface area contributed by atoms with Crippen molar-refractivity contribution in [3.8, 4) is 0 Å². The molecule has 3 heterocycles. The van der Waals surface area contributed by atoms with Gasteiger partial charge in [0.05, 0.1) is 12.9 Å². The lowest BCUT2D eigenvalue weighted by atomic mass is 9.99. The molecule has 0 spiro atoms. The summed E-state index contributed by atoms with van der Waals surface area (Å²) in [6, 6.07) is 0.413. The average molecular weight is 290 g/mol. The molecule has 0 aliphatic carbocycles. The summed E-state index contributed by atoms with van der Waals surface area (Å²) in [4.78, 5) is 21.1. The first-order chi connectivity index (χ1) is 10.3. The van der Waals surface area contributed by atoms with E-state index in [2.05, 4.69) is 19.4 Å². The van der Waals surface area contributed by atoms with Crippen LogP contribution in [0.4, 0.5) is 0 Å². The normalized spacial score (nSPS) is 23.6. The zero-order valence-corrected chi connectivity index (χ0v) is 12.8. The number of carbonyl (C=O) groups excluding carboxylic acids is 1. The molecule has 0 aromatic carbocycles. The number of imidazole rings is 1. The standard InChI is InChI=1S/C16H26N4O/c21-16(13-18-8-3-4-9-18)20-10-2-1-5-15(20)6-11-19-12-7-17-14-19/h7,12,14-15H,1-6,8-11,13H2. The van der Waals surface area contributed by atoms with E-state index < -0.39 is 0 Å². The fourth-order valence-electron chi connectivity index (χ4n) is 3.57. The second-order valence-electron chi connectivity index (χ2n) is 6.31. The molecule has 2 aliphatic rings. The highest BCUT2D eigenvalue weighted by Crippen LogP contribution is 2.21. The van der Waals surface area contributed by atoms with Gasteiger partial charge in [-0.05, 0) is 51.6 Å². The van der Waals surface area contributed by atoms with Gasteiger partial charge in [0.25, 0.3) is 0 Å². The van der Waals surface area contributed by atoms with Crippen molar-refractivity contribution >= 4 is 5.91 Å². The van der Waals surface area contributed by atoms with Crippen LogP contribution in [0.25, 0.3) is 0 Å². The van der Waals surface area contributed by atoms with Crippen LogP contribution in [0.2, 0.25) is 0 Å². The molecule has 2 fully saturated rings. The van der Waals surface area contributed by atoms with Crippen molar-refractivity contribution in [2.24, 2.45) is 0 Å². The molecule has 5 nitrogen and oxygen atoms in total. The number of amides is 1. The Hall–Kier alpha value is -1.36. The molecule has 1 aromatic heterocycles. The van der Waals surface area contributed by atoms with Crippen LogP contribution in [-0.4, -0.2) is 57.5 Å². The van der Waals surface area contributed by atoms with Crippen LogP contribution in [-0.2, 0) is 11.3 Å². The summed E-state index contributed by atoms with van der Waals surface area (Å²) in [5.74, 6) is 0.340. The molecule has 116 valence electrons. The van der Waals surface area contributed by atoms with Gasteiger partial charge < -0.3 is 9.47 Å². The highest BCUT2D eigenvalue weighted by Gasteiger charge is 2.28. The van der Waals surface area contributed by atoms with E-state index in [0.29, 0.717) is 18.5 Å². The van der Waals surface area contributed by atoms with Crippen molar-refractivity contribution in [1.29, 1.82) is 0 Å². The molecule has 0 bridgehead atoms. The smallest absolute Gasteiger partial charge is 0.236 e. The summed E-state index contributed by atoms with van der Waals surface area (Å²) in [6.07, 6.45) is 12.8. The lowest BCUT2D eigenvalue weighted by Crippen LogP contribution is -2.48. The van der Waals surface area contributed by atoms with E-state index in [1.54, 1.807) is 0 Å². The Labute approximate surface area is 126 Å². The van der Waals surface area contributed by atoms with E-state index >= 15 is 0 Å². The summed E-state index contributed by atoms with van der Waals surface area (Å²) in [7, 11) is 0. The molecular weight excluding hydrogens is 264 g/mol. The molecular formula is C16H26N4O. The molecule has 2 aliphatic heterocycles. The van der Waals surface area contributed by atoms with Crippen LogP contribution in [0.15, 0.2) is 18.7 Å². The molecule has 5 heteroatoms. The van der Waals surface area contributed by atoms with Crippen LogP contribution in [0.1, 0.15) is 38.5 Å². The van der Waals surface area contributed by atoms with E-state index in [1.807, 2.05) is 18.7 Å². The van der Waals surface area contributed by atoms with Crippen LogP contribution >= 0.6 is 0 Å². The van der Waals surface area contributed by atoms with Crippen molar-refractivity contribution in [3.63, 3.8) is 0 Å². The number of rotatable bonds is 5. The van der Waals surface area contributed by atoms with E-state index in [1.165, 1.54) is 19.3 Å². The molecule has 21 heavy (non-hydrogen) atoms. The van der Waals surface area contributed by atoms with Crippen molar-refractivity contribution in [3.05, 3.63) is 18.7 Å². The van der Waals surface area contributed by atoms with Gasteiger partial charge in [-0.15, -0.1) is 0 Å². The quantitative estimate of drug-likeness (QED) is 0.829. The van der Waals surface area contributed by atoms with Gasteiger partial charge in [0.15, 0.2) is 0 Å². The van der Waals surface area contributed by atoms with E-state index in [-0.39, 0.29) is 0 Å². The van der Waals surface area contributed by atoms with Gasteiger partial charge in [-0.25, -0.2) is 4.98 Å². The summed E-state index contributed by atoms with van der Waals surface area (Å²) >= 11 is 0. The van der Waals surface area contributed by atoms with Crippen molar-refractivity contribution in [2.45, 2.75) is 51.1 Å². The zero-order chi connectivity index (χ0) is 14.5. The molecule has 0 radical (unpaired) electrons. The maximum atomic E-state index is 12.6. The second kappa shape index (κ2) is 7.07. The average Bonchev–Trinajstić information content (AvgIpc) is 3.18. The monoisotopic (exact) mass is 290 g/mol. The molecule has 0 N–H and O–H groups in total. The largest absolute Gasteiger partial charge is 0.339 e. The van der Waals surface area contributed by atoms with Crippen molar-refractivity contribution < 1.29 is 4.79 Å². The van der Waals surface area contributed by atoms with Gasteiger partial charge in [-0.2, -0.15) is 0 Å². The number of nitrogens with zero attached hydrogens (tertiary/aromatic N) is 4. The topological polar surface area (TPSA) is 41.4 Å². The predicted molar refractivity (Wildman–Crippen MR) is 81.9 cm³/mol. The number of likely N-dealkylation sites (tertiary alicyclic amines) is 2. The maximum absolute atomic E-state index is 12.6. The Kier molecular flexibility index (Phi) is 4.91. The van der Waals surface area contributed by atoms with E-state index in [4.69, 9.17) is 0 Å². The van der Waals surface area contributed by atoms with Gasteiger partial charge in [0.1, 0.15) is 0 Å². The fourth-order valence-corrected chi connectivity index (χ4v) is 3.57. The number of hydrogen-bond acceptors (Lipinski definition) is 3. The predicted octanol–water partition coefficient (Wildman–Crippen LogP) is 1.75. The molecule has 2 saturated heterocycles.